The van der Waals surface area contributed by atoms with Crippen LogP contribution < -0.4 is 5.69 Å². The fraction of sp³-hybridized carbons (Fsp3) is 0.812. The van der Waals surface area contributed by atoms with Crippen molar-refractivity contribution in [1.82, 2.24) is 19.2 Å². The molecule has 1 aliphatic carbocycles. The van der Waals surface area contributed by atoms with E-state index in [0.717, 1.165) is 38.5 Å². The summed E-state index contributed by atoms with van der Waals surface area (Å²) in [6.07, 6.45) is 7.24. The van der Waals surface area contributed by atoms with Crippen molar-refractivity contribution in [2.75, 3.05) is 6.54 Å². The minimum absolute atomic E-state index is 0.0228. The second kappa shape index (κ2) is 6.11. The minimum Gasteiger partial charge on any atom is -0.390 e. The maximum Gasteiger partial charge on any atom is 0.345 e. The SMILES string of the molecule is Cn1cnn(CC(=O)N2CCC[C@@H]2[C@H]2CCCC[C@@]2(C)O)c1=O. The molecule has 1 aromatic rings. The van der Waals surface area contributed by atoms with Crippen LogP contribution in [0.1, 0.15) is 45.4 Å². The van der Waals surface area contributed by atoms with Crippen LogP contribution in [-0.4, -0.2) is 48.4 Å². The molecule has 3 atom stereocenters. The van der Waals surface area contributed by atoms with E-state index in [2.05, 4.69) is 5.10 Å². The third-order valence-electron chi connectivity index (χ3n) is 5.50. The number of rotatable bonds is 3. The normalized spacial score (nSPS) is 31.5. The molecule has 1 amide bonds. The highest BCUT2D eigenvalue weighted by Gasteiger charge is 2.44. The molecule has 0 unspecified atom stereocenters. The van der Waals surface area contributed by atoms with Gasteiger partial charge in [0.1, 0.15) is 12.9 Å². The van der Waals surface area contributed by atoms with Gasteiger partial charge in [-0.1, -0.05) is 12.8 Å². The first-order valence-corrected chi connectivity index (χ1v) is 8.50. The second-order valence-corrected chi connectivity index (χ2v) is 7.19. The summed E-state index contributed by atoms with van der Waals surface area (Å²) in [5.41, 5.74) is -0.980. The lowest BCUT2D eigenvalue weighted by molar-refractivity contribution is -0.137. The first-order chi connectivity index (χ1) is 10.9. The second-order valence-electron chi connectivity index (χ2n) is 7.19. The standard InChI is InChI=1S/C16H26N4O3/c1-16(23)8-4-3-6-12(16)13-7-5-9-19(13)14(21)10-20-15(22)18(2)11-17-20/h11-13,23H,3-10H2,1-2H3/t12-,13-,16-/m1/s1. The molecule has 3 rings (SSSR count). The molecule has 1 aromatic heterocycles. The van der Waals surface area contributed by atoms with Gasteiger partial charge in [-0.25, -0.2) is 9.48 Å². The van der Waals surface area contributed by atoms with Crippen molar-refractivity contribution in [2.45, 2.75) is 63.6 Å². The van der Waals surface area contributed by atoms with Crippen LogP contribution in [0.3, 0.4) is 0 Å². The van der Waals surface area contributed by atoms with Crippen molar-refractivity contribution < 1.29 is 9.90 Å². The average Bonchev–Trinajstić information content (AvgIpc) is 3.09. The molecule has 2 heterocycles. The number of carbonyl (C=O) groups excluding carboxylic acids is 1. The van der Waals surface area contributed by atoms with Crippen molar-refractivity contribution in [2.24, 2.45) is 13.0 Å². The van der Waals surface area contributed by atoms with E-state index in [1.54, 1.807) is 7.05 Å². The molecule has 23 heavy (non-hydrogen) atoms. The lowest BCUT2D eigenvalue weighted by Gasteiger charge is -2.43. The van der Waals surface area contributed by atoms with Crippen LogP contribution in [-0.2, 0) is 18.4 Å². The number of nitrogens with zero attached hydrogens (tertiary/aromatic N) is 4. The number of hydrogen-bond donors (Lipinski definition) is 1. The Hall–Kier alpha value is -1.63. The van der Waals surface area contributed by atoms with Gasteiger partial charge in [-0.2, -0.15) is 5.10 Å². The number of carbonyl (C=O) groups is 1. The van der Waals surface area contributed by atoms with Crippen molar-refractivity contribution in [1.29, 1.82) is 0 Å². The van der Waals surface area contributed by atoms with Gasteiger partial charge in [-0.15, -0.1) is 0 Å². The summed E-state index contributed by atoms with van der Waals surface area (Å²) in [4.78, 5) is 26.4. The minimum atomic E-state index is -0.701. The van der Waals surface area contributed by atoms with Crippen LogP contribution in [0.2, 0.25) is 0 Å². The summed E-state index contributed by atoms with van der Waals surface area (Å²) in [6.45, 7) is 2.59. The largest absolute Gasteiger partial charge is 0.390 e. The van der Waals surface area contributed by atoms with Gasteiger partial charge in [0.2, 0.25) is 5.91 Å². The molecule has 7 nitrogen and oxygen atoms in total. The molecule has 1 N–H and O–H groups in total. The van der Waals surface area contributed by atoms with Gasteiger partial charge < -0.3 is 10.0 Å². The van der Waals surface area contributed by atoms with E-state index in [1.165, 1.54) is 15.6 Å². The van der Waals surface area contributed by atoms with Gasteiger partial charge in [-0.3, -0.25) is 9.36 Å². The lowest BCUT2D eigenvalue weighted by atomic mass is 9.72. The Labute approximate surface area is 135 Å². The Morgan fingerprint density at radius 3 is 2.83 bits per heavy atom. The molecule has 2 aliphatic rings. The molecule has 0 aromatic carbocycles. The zero-order valence-corrected chi connectivity index (χ0v) is 13.9. The highest BCUT2D eigenvalue weighted by molar-refractivity contribution is 5.76. The summed E-state index contributed by atoms with van der Waals surface area (Å²) in [7, 11) is 1.62. The van der Waals surface area contributed by atoms with Gasteiger partial charge in [0, 0.05) is 25.6 Å². The van der Waals surface area contributed by atoms with E-state index in [0.29, 0.717) is 6.54 Å². The first kappa shape index (κ1) is 16.2. The molecular formula is C16H26N4O3. The molecule has 1 saturated heterocycles. The van der Waals surface area contributed by atoms with E-state index in [1.807, 2.05) is 11.8 Å². The summed E-state index contributed by atoms with van der Waals surface area (Å²) in [5, 5.41) is 14.7. The van der Waals surface area contributed by atoms with Gasteiger partial charge >= 0.3 is 5.69 Å². The van der Waals surface area contributed by atoms with E-state index < -0.39 is 5.60 Å². The average molecular weight is 322 g/mol. The van der Waals surface area contributed by atoms with E-state index in [4.69, 9.17) is 0 Å². The Morgan fingerprint density at radius 2 is 2.17 bits per heavy atom. The Balaban J connectivity index is 1.74. The lowest BCUT2D eigenvalue weighted by Crippen LogP contribution is -2.51. The zero-order chi connectivity index (χ0) is 16.6. The molecule has 128 valence electrons. The van der Waals surface area contributed by atoms with Crippen LogP contribution in [0.15, 0.2) is 11.1 Å². The number of aryl methyl sites for hydroxylation is 1. The van der Waals surface area contributed by atoms with E-state index in [-0.39, 0.29) is 30.1 Å². The fourth-order valence-corrected chi connectivity index (χ4v) is 4.22. The molecule has 0 radical (unpaired) electrons. The highest BCUT2D eigenvalue weighted by atomic mass is 16.3. The molecule has 0 spiro atoms. The highest BCUT2D eigenvalue weighted by Crippen LogP contribution is 2.40. The number of amides is 1. The summed E-state index contributed by atoms with van der Waals surface area (Å²) in [6, 6.07) is 0.0808. The Bertz CT molecular complexity index is 634. The van der Waals surface area contributed by atoms with E-state index >= 15 is 0 Å². The molecule has 1 aliphatic heterocycles. The van der Waals surface area contributed by atoms with Gasteiger partial charge in [0.25, 0.3) is 0 Å². The van der Waals surface area contributed by atoms with Gasteiger partial charge in [0.15, 0.2) is 0 Å². The van der Waals surface area contributed by atoms with E-state index in [9.17, 15) is 14.7 Å². The van der Waals surface area contributed by atoms with Crippen LogP contribution in [0, 0.1) is 5.92 Å². The Morgan fingerprint density at radius 1 is 1.39 bits per heavy atom. The van der Waals surface area contributed by atoms with Crippen molar-refractivity contribution in [3.8, 4) is 0 Å². The van der Waals surface area contributed by atoms with Crippen LogP contribution in [0.25, 0.3) is 0 Å². The van der Waals surface area contributed by atoms with Crippen molar-refractivity contribution >= 4 is 5.91 Å². The third kappa shape index (κ3) is 3.06. The van der Waals surface area contributed by atoms with Crippen LogP contribution in [0.4, 0.5) is 0 Å². The summed E-state index contributed by atoms with van der Waals surface area (Å²) < 4.78 is 2.57. The van der Waals surface area contributed by atoms with Crippen LogP contribution >= 0.6 is 0 Å². The fourth-order valence-electron chi connectivity index (χ4n) is 4.22. The van der Waals surface area contributed by atoms with Crippen molar-refractivity contribution in [3.63, 3.8) is 0 Å². The quantitative estimate of drug-likeness (QED) is 0.879. The number of aromatic nitrogens is 3. The van der Waals surface area contributed by atoms with Crippen LogP contribution in [0.5, 0.6) is 0 Å². The Kier molecular flexibility index (Phi) is 4.31. The maximum absolute atomic E-state index is 12.7. The number of hydrogen-bond acceptors (Lipinski definition) is 4. The molecule has 7 heteroatoms. The summed E-state index contributed by atoms with van der Waals surface area (Å²) >= 11 is 0. The smallest absolute Gasteiger partial charge is 0.345 e. The van der Waals surface area contributed by atoms with Gasteiger partial charge in [0.05, 0.1) is 5.60 Å². The van der Waals surface area contributed by atoms with Crippen molar-refractivity contribution in [3.05, 3.63) is 16.8 Å². The van der Waals surface area contributed by atoms with Gasteiger partial charge in [-0.05, 0) is 32.6 Å². The zero-order valence-electron chi connectivity index (χ0n) is 13.9. The molecule has 2 fully saturated rings. The predicted molar refractivity (Wildman–Crippen MR) is 84.8 cm³/mol. The first-order valence-electron chi connectivity index (χ1n) is 8.50. The summed E-state index contributed by atoms with van der Waals surface area (Å²) in [5.74, 6) is 0.0535. The third-order valence-corrected chi connectivity index (χ3v) is 5.50. The topological polar surface area (TPSA) is 80.4 Å². The number of aliphatic hydroxyl groups is 1. The molecule has 0 bridgehead atoms. The molecule has 1 saturated carbocycles. The number of likely N-dealkylation sites (tertiary alicyclic amines) is 1. The predicted octanol–water partition coefficient (Wildman–Crippen LogP) is 0.514. The maximum atomic E-state index is 12.7. The molecular weight excluding hydrogens is 296 g/mol. The monoisotopic (exact) mass is 322 g/mol.